The molecule has 0 spiro atoms. The molecule has 3 aliphatic rings. The molecule has 3 N–H and O–H groups in total. The second-order valence-electron chi connectivity index (χ2n) is 37.0. The number of aryl methyl sites for hydroxylation is 20. The number of fused-ring (bicyclic) bond motifs is 9. The van der Waals surface area contributed by atoms with Crippen molar-refractivity contribution in [2.24, 2.45) is 21.1 Å². The minimum absolute atomic E-state index is 0.0932. The number of carboxylic acids is 3. The van der Waals surface area contributed by atoms with Crippen molar-refractivity contribution in [3.63, 3.8) is 0 Å². The number of ether oxygens (including phenoxy) is 3. The molecule has 3 amide bonds. The maximum Gasteiger partial charge on any atom is 0.337 e. The molecule has 25 nitrogen and oxygen atoms in total. The molecular formula is C110H113Cl6N13O12. The largest absolute Gasteiger partial charge is 0.494 e. The molecule has 0 atom stereocenters. The number of rotatable bonds is 25. The summed E-state index contributed by atoms with van der Waals surface area (Å²) < 4.78 is 30.5. The third-order valence-corrected chi connectivity index (χ3v) is 30.2. The van der Waals surface area contributed by atoms with Crippen LogP contribution >= 0.6 is 69.6 Å². The van der Waals surface area contributed by atoms with Gasteiger partial charge in [0, 0.05) is 160 Å². The van der Waals surface area contributed by atoms with Crippen LogP contribution in [-0.4, -0.2) is 143 Å². The Morgan fingerprint density at radius 1 is 0.355 bits per heavy atom. The standard InChI is InChI=1S/2C37H38Cl2N4O4.C36H37Cl2N5O4/c1-20-17-25(37(45)46)10-13-30(20)42-14-8-15-43-34-28(11-12-29(38)32(34)31-23(4)40-41(6)24(31)5)27(35(43)36(42)44)9-7-16-47-26-18-21(2)33(39)22(3)19-26;1-20-10-11-25(37(45)46)19-30(20)42-14-8-15-43-34-28(12-13-29(38)32(34)31-23(4)40-41(6)24(31)5)27(35(43)36(42)44)9-7-16-47-26-17-21(2)33(39)22(3)18-26;1-20-16-26(17-21(2)32(20)38)47-15-6-8-27-28-11-12-29(37)31(30-22(3)40-41(5)23(30)4)33(28)43-14-7-13-42(35(44)34(27)43)19-25-10-9-24(18-39-25)36(45)46/h2*10-13,17-19H,7-9,14-16H2,1-6H3,(H,45,46);9-12,16-18H,6-8,13-15,19H2,1-5H3,(H,45,46). The Hall–Kier alpha value is -12.9. The van der Waals surface area contributed by atoms with E-state index in [1.165, 1.54) is 12.3 Å². The lowest BCUT2D eigenvalue weighted by molar-refractivity contribution is 0.0685. The second-order valence-corrected chi connectivity index (χ2v) is 39.4. The van der Waals surface area contributed by atoms with Crippen molar-refractivity contribution in [3.05, 3.63) is 292 Å². The van der Waals surface area contributed by atoms with Gasteiger partial charge in [0.25, 0.3) is 17.7 Å². The zero-order chi connectivity index (χ0) is 101. The lowest BCUT2D eigenvalue weighted by atomic mass is 9.98. The van der Waals surface area contributed by atoms with Gasteiger partial charge in [0.05, 0.1) is 97.4 Å². The first kappa shape index (κ1) is 101. The highest BCUT2D eigenvalue weighted by Gasteiger charge is 2.38. The molecule has 3 aliphatic heterocycles. The quantitative estimate of drug-likeness (QED) is 0.0448. The summed E-state index contributed by atoms with van der Waals surface area (Å²) in [6, 6.07) is 36.5. The van der Waals surface area contributed by atoms with Gasteiger partial charge in [-0.2, -0.15) is 15.3 Å². The molecule has 0 saturated heterocycles. The number of anilines is 2. The van der Waals surface area contributed by atoms with Crippen molar-refractivity contribution < 1.29 is 58.3 Å². The van der Waals surface area contributed by atoms with Gasteiger partial charge in [-0.25, -0.2) is 14.4 Å². The summed E-state index contributed by atoms with van der Waals surface area (Å²) in [5.41, 5.74) is 28.3. The summed E-state index contributed by atoms with van der Waals surface area (Å²) in [5.74, 6) is -1.15. The second kappa shape index (κ2) is 41.7. The fourth-order valence-corrected chi connectivity index (χ4v) is 21.6. The Labute approximate surface area is 849 Å². The molecular weight excluding hydrogens is 1910 g/mol. The van der Waals surface area contributed by atoms with Gasteiger partial charge in [-0.15, -0.1) is 0 Å². The van der Waals surface area contributed by atoms with E-state index < -0.39 is 17.9 Å². The van der Waals surface area contributed by atoms with Crippen molar-refractivity contribution in [2.45, 2.75) is 181 Å². The summed E-state index contributed by atoms with van der Waals surface area (Å²) in [6.07, 6.45) is 7.26. The summed E-state index contributed by atoms with van der Waals surface area (Å²) in [4.78, 5) is 88.6. The van der Waals surface area contributed by atoms with Gasteiger partial charge in [-0.05, 0) is 313 Å². The minimum atomic E-state index is -1.04. The summed E-state index contributed by atoms with van der Waals surface area (Å²) in [7, 11) is 5.77. The average molecular weight is 2020 g/mol. The predicted octanol–water partition coefficient (Wildman–Crippen LogP) is 25.0. The van der Waals surface area contributed by atoms with Crippen LogP contribution in [0.15, 0.2) is 128 Å². The number of carboxylic acid groups (broad SMARTS) is 3. The third kappa shape index (κ3) is 19.8. The smallest absolute Gasteiger partial charge is 0.337 e. The van der Waals surface area contributed by atoms with Crippen LogP contribution in [-0.2, 0) is 66.6 Å². The molecule has 0 saturated carbocycles. The van der Waals surface area contributed by atoms with Crippen LogP contribution in [0.1, 0.15) is 202 Å². The van der Waals surface area contributed by atoms with Crippen molar-refractivity contribution in [2.75, 3.05) is 49.3 Å². The molecule has 31 heteroatoms. The van der Waals surface area contributed by atoms with E-state index in [0.717, 1.165) is 200 Å². The number of aromatic nitrogens is 10. The Morgan fingerprint density at radius 3 is 1.02 bits per heavy atom. The molecule has 0 fully saturated rings. The Balaban J connectivity index is 0.000000152. The Bertz CT molecular complexity index is 7510. The van der Waals surface area contributed by atoms with Gasteiger partial charge in [-0.3, -0.25) is 33.4 Å². The zero-order valence-corrected chi connectivity index (χ0v) is 86.7. The molecule has 732 valence electrons. The van der Waals surface area contributed by atoms with Crippen LogP contribution in [0, 0.1) is 96.9 Å². The normalized spacial score (nSPS) is 13.3. The maximum atomic E-state index is 14.8. The van der Waals surface area contributed by atoms with Crippen molar-refractivity contribution in [3.8, 4) is 50.6 Å². The first-order chi connectivity index (χ1) is 67.2. The van der Waals surface area contributed by atoms with Crippen LogP contribution in [0.5, 0.6) is 17.2 Å². The van der Waals surface area contributed by atoms with Crippen molar-refractivity contribution in [1.29, 1.82) is 0 Å². The first-order valence-electron chi connectivity index (χ1n) is 47.2. The van der Waals surface area contributed by atoms with Crippen LogP contribution in [0.2, 0.25) is 30.1 Å². The van der Waals surface area contributed by atoms with Gasteiger partial charge >= 0.3 is 17.9 Å². The number of aromatic carboxylic acids is 3. The van der Waals surface area contributed by atoms with E-state index in [1.807, 2.05) is 210 Å². The van der Waals surface area contributed by atoms with E-state index in [4.69, 9.17) is 83.8 Å². The van der Waals surface area contributed by atoms with Gasteiger partial charge < -0.3 is 57.9 Å². The van der Waals surface area contributed by atoms with Gasteiger partial charge in [-0.1, -0.05) is 93.9 Å². The molecule has 8 aromatic carbocycles. The van der Waals surface area contributed by atoms with Gasteiger partial charge in [0.15, 0.2) is 0 Å². The number of halogens is 6. The topological polar surface area (TPSA) is 282 Å². The fourth-order valence-electron chi connectivity index (χ4n) is 20.5. The summed E-state index contributed by atoms with van der Waals surface area (Å²) >= 11 is 40.1. The number of carbonyl (C=O) groups excluding carboxylic acids is 3. The fraction of sp³-hybridized carbons (Fsp3) is 0.327. The number of nitrogens with zero attached hydrogens (tertiary/aromatic N) is 13. The van der Waals surface area contributed by atoms with Crippen LogP contribution in [0.25, 0.3) is 66.1 Å². The Morgan fingerprint density at radius 2 is 0.688 bits per heavy atom. The maximum absolute atomic E-state index is 14.8. The highest BCUT2D eigenvalue weighted by Crippen LogP contribution is 2.49. The number of benzene rings is 8. The highest BCUT2D eigenvalue weighted by molar-refractivity contribution is 6.37. The van der Waals surface area contributed by atoms with Crippen LogP contribution < -0.4 is 24.0 Å². The van der Waals surface area contributed by atoms with E-state index in [0.29, 0.717) is 160 Å². The molecule has 15 aromatic rings. The van der Waals surface area contributed by atoms with E-state index in [9.17, 15) is 44.1 Å². The first-order valence-corrected chi connectivity index (χ1v) is 49.5. The van der Waals surface area contributed by atoms with E-state index in [1.54, 1.807) is 52.3 Å². The molecule has 18 rings (SSSR count). The highest BCUT2D eigenvalue weighted by atomic mass is 35.5. The molecule has 141 heavy (non-hydrogen) atoms. The molecule has 0 unspecified atom stereocenters. The van der Waals surface area contributed by atoms with Crippen molar-refractivity contribution >= 4 is 149 Å². The van der Waals surface area contributed by atoms with Gasteiger partial charge in [0.1, 0.15) is 34.3 Å². The average Bonchev–Trinajstić information content (AvgIpc) is 1.58. The lowest BCUT2D eigenvalue weighted by Crippen LogP contribution is -2.32. The van der Waals surface area contributed by atoms with Crippen LogP contribution in [0.4, 0.5) is 11.4 Å². The molecule has 0 radical (unpaired) electrons. The van der Waals surface area contributed by atoms with Crippen LogP contribution in [0.3, 0.4) is 0 Å². The van der Waals surface area contributed by atoms with Crippen molar-refractivity contribution in [1.82, 2.24) is 52.9 Å². The van der Waals surface area contributed by atoms with Gasteiger partial charge in [0.2, 0.25) is 0 Å². The SMILES string of the molecule is Cc1cc(C(=O)O)ccc1N1CCCn2c(c(CCCOc3cc(C)c(Cl)c(C)c3)c3ccc(Cl)c(-c4c(C)nn(C)c4C)c32)C1=O.Cc1cc(OCCCc2c3n(c4c(-c5c(C)nn(C)c5C)c(Cl)ccc24)CCCN(Cc2ccc(C(=O)O)cn2)C3=O)cc(C)c1Cl.Cc1ccc(C(=O)O)cc1N1CCCn2c(c(CCCOc3cc(C)c(Cl)c(C)c3)c3ccc(Cl)c(-c4c(C)nn(C)c4C)c32)C1=O. The number of hydrogen-bond donors (Lipinski definition) is 3. The number of hydrogen-bond acceptors (Lipinski definition) is 13. The monoisotopic (exact) mass is 2020 g/mol. The minimum Gasteiger partial charge on any atom is -0.494 e. The number of amides is 3. The zero-order valence-electron chi connectivity index (χ0n) is 82.2. The summed E-state index contributed by atoms with van der Waals surface area (Å²) in [6.45, 7) is 32.5. The number of carbonyl (C=O) groups is 6. The van der Waals surface area contributed by atoms with E-state index in [-0.39, 0.29) is 41.0 Å². The molecule has 0 bridgehead atoms. The predicted molar refractivity (Wildman–Crippen MR) is 560 cm³/mol. The molecule has 0 aliphatic carbocycles. The Kier molecular flexibility index (Phi) is 29.9. The lowest BCUT2D eigenvalue weighted by Gasteiger charge is -2.23. The van der Waals surface area contributed by atoms with E-state index in [2.05, 4.69) is 34.0 Å². The molecule has 10 heterocycles. The van der Waals surface area contributed by atoms with E-state index >= 15 is 0 Å². The molecule has 7 aromatic heterocycles. The number of pyridine rings is 1. The third-order valence-electron chi connectivity index (χ3n) is 27.5. The summed E-state index contributed by atoms with van der Waals surface area (Å²) in [5, 5.41) is 49.6.